The number of carboxylic acid groups (broad SMARTS) is 1. The minimum absolute atomic E-state index is 0.0330. The highest BCUT2D eigenvalue weighted by molar-refractivity contribution is 6.05. The molecule has 0 atom stereocenters. The fourth-order valence-electron chi connectivity index (χ4n) is 1.30. The zero-order valence-electron chi connectivity index (χ0n) is 7.02. The second-order valence-corrected chi connectivity index (χ2v) is 2.76. The summed E-state index contributed by atoms with van der Waals surface area (Å²) in [5.74, 6) is -1.89. The highest BCUT2D eigenvalue weighted by atomic mass is 16.5. The molecule has 1 aliphatic heterocycles. The standard InChI is InChI=1S/C10H6O4/c11-9(12)5-8-6-3-1-2-4-7(6)10(13)14-8/h1-5H,(H,11,12)/p-1/b8-5-. The third-order valence-electron chi connectivity index (χ3n) is 1.86. The van der Waals surface area contributed by atoms with Crippen LogP contribution < -0.4 is 5.11 Å². The van der Waals surface area contributed by atoms with Crippen molar-refractivity contribution < 1.29 is 19.4 Å². The number of aliphatic carboxylic acids is 1. The van der Waals surface area contributed by atoms with Crippen LogP contribution in [0.25, 0.3) is 5.76 Å². The Labute approximate surface area is 79.4 Å². The molecule has 0 bridgehead atoms. The van der Waals surface area contributed by atoms with E-state index < -0.39 is 11.9 Å². The number of carboxylic acids is 1. The molecule has 0 fully saturated rings. The molecule has 70 valence electrons. The van der Waals surface area contributed by atoms with Gasteiger partial charge < -0.3 is 14.6 Å². The Hall–Kier alpha value is -2.10. The molecule has 4 nitrogen and oxygen atoms in total. The molecule has 14 heavy (non-hydrogen) atoms. The summed E-state index contributed by atoms with van der Waals surface area (Å²) >= 11 is 0. The number of carbonyl (C=O) groups is 2. The maximum absolute atomic E-state index is 11.2. The highest BCUT2D eigenvalue weighted by Gasteiger charge is 2.25. The van der Waals surface area contributed by atoms with E-state index in [1.54, 1.807) is 24.3 Å². The molecule has 1 aliphatic rings. The van der Waals surface area contributed by atoms with Gasteiger partial charge in [-0.15, -0.1) is 0 Å². The van der Waals surface area contributed by atoms with Crippen LogP contribution in [-0.2, 0) is 9.53 Å². The zero-order chi connectivity index (χ0) is 10.1. The molecule has 4 heteroatoms. The first-order valence-electron chi connectivity index (χ1n) is 3.93. The van der Waals surface area contributed by atoms with Gasteiger partial charge in [0.15, 0.2) is 0 Å². The first-order chi connectivity index (χ1) is 6.68. The number of cyclic esters (lactones) is 1. The molecule has 2 rings (SSSR count). The quantitative estimate of drug-likeness (QED) is 0.458. The van der Waals surface area contributed by atoms with E-state index >= 15 is 0 Å². The average Bonchev–Trinajstić information content (AvgIpc) is 2.44. The summed E-state index contributed by atoms with van der Waals surface area (Å²) in [5.41, 5.74) is 0.863. The lowest BCUT2D eigenvalue weighted by Crippen LogP contribution is -2.19. The molecule has 0 aliphatic carbocycles. The van der Waals surface area contributed by atoms with E-state index in [4.69, 9.17) is 4.74 Å². The number of benzene rings is 1. The van der Waals surface area contributed by atoms with Gasteiger partial charge in [-0.05, 0) is 6.07 Å². The fraction of sp³-hybridized carbons (Fsp3) is 0. The van der Waals surface area contributed by atoms with Crippen LogP contribution >= 0.6 is 0 Å². The molecule has 0 saturated carbocycles. The molecule has 1 aromatic carbocycles. The summed E-state index contributed by atoms with van der Waals surface area (Å²) in [6, 6.07) is 6.58. The van der Waals surface area contributed by atoms with Gasteiger partial charge in [-0.25, -0.2) is 4.79 Å². The first-order valence-corrected chi connectivity index (χ1v) is 3.93. The minimum atomic E-state index is -1.38. The summed E-state index contributed by atoms with van der Waals surface area (Å²) < 4.78 is 4.74. The number of hydrogen-bond acceptors (Lipinski definition) is 4. The summed E-state index contributed by atoms with van der Waals surface area (Å²) in [6.07, 6.45) is 0.768. The Balaban J connectivity index is 2.54. The van der Waals surface area contributed by atoms with Crippen LogP contribution in [0.3, 0.4) is 0 Å². The van der Waals surface area contributed by atoms with Crippen LogP contribution in [0.5, 0.6) is 0 Å². The van der Waals surface area contributed by atoms with Crippen LogP contribution in [0.2, 0.25) is 0 Å². The number of ether oxygens (including phenoxy) is 1. The van der Waals surface area contributed by atoms with E-state index in [1.165, 1.54) is 0 Å². The van der Waals surface area contributed by atoms with Gasteiger partial charge in [0, 0.05) is 11.6 Å². The van der Waals surface area contributed by atoms with Crippen molar-refractivity contribution in [2.24, 2.45) is 0 Å². The lowest BCUT2D eigenvalue weighted by atomic mass is 10.1. The van der Waals surface area contributed by atoms with Gasteiger partial charge in [-0.2, -0.15) is 0 Å². The second kappa shape index (κ2) is 2.99. The molecule has 1 aromatic rings. The molecule has 0 unspecified atom stereocenters. The van der Waals surface area contributed by atoms with Crippen molar-refractivity contribution in [3.63, 3.8) is 0 Å². The molecule has 0 aromatic heterocycles. The van der Waals surface area contributed by atoms with Crippen LogP contribution in [0, 0.1) is 0 Å². The Kier molecular flexibility index (Phi) is 1.81. The molecule has 0 spiro atoms. The summed E-state index contributed by atoms with van der Waals surface area (Å²) in [6.45, 7) is 0. The highest BCUT2D eigenvalue weighted by Crippen LogP contribution is 2.28. The number of esters is 1. The van der Waals surface area contributed by atoms with E-state index in [0.29, 0.717) is 11.1 Å². The Morgan fingerprint density at radius 2 is 1.93 bits per heavy atom. The third-order valence-corrected chi connectivity index (χ3v) is 1.86. The summed E-state index contributed by atoms with van der Waals surface area (Å²) in [4.78, 5) is 21.5. The predicted molar refractivity (Wildman–Crippen MR) is 44.8 cm³/mol. The van der Waals surface area contributed by atoms with Crippen molar-refractivity contribution in [1.82, 2.24) is 0 Å². The van der Waals surface area contributed by atoms with E-state index in [1.807, 2.05) is 0 Å². The van der Waals surface area contributed by atoms with Gasteiger partial charge in [-0.1, -0.05) is 18.2 Å². The fourth-order valence-corrected chi connectivity index (χ4v) is 1.30. The molecule has 0 radical (unpaired) electrons. The minimum Gasteiger partial charge on any atom is -0.545 e. The maximum Gasteiger partial charge on any atom is 0.344 e. The molecule has 0 N–H and O–H groups in total. The lowest BCUT2D eigenvalue weighted by Gasteiger charge is -1.98. The Morgan fingerprint density at radius 1 is 1.29 bits per heavy atom. The third kappa shape index (κ3) is 1.26. The Morgan fingerprint density at radius 3 is 2.57 bits per heavy atom. The van der Waals surface area contributed by atoms with E-state index in [9.17, 15) is 14.7 Å². The van der Waals surface area contributed by atoms with Crippen LogP contribution in [0.4, 0.5) is 0 Å². The number of rotatable bonds is 1. The summed E-state index contributed by atoms with van der Waals surface area (Å²) in [5, 5.41) is 10.3. The van der Waals surface area contributed by atoms with E-state index in [2.05, 4.69) is 0 Å². The topological polar surface area (TPSA) is 66.4 Å². The van der Waals surface area contributed by atoms with Crippen molar-refractivity contribution in [2.45, 2.75) is 0 Å². The van der Waals surface area contributed by atoms with Gasteiger partial charge in [-0.3, -0.25) is 0 Å². The molecular weight excluding hydrogens is 184 g/mol. The van der Waals surface area contributed by atoms with Crippen molar-refractivity contribution in [1.29, 1.82) is 0 Å². The van der Waals surface area contributed by atoms with Crippen molar-refractivity contribution in [2.75, 3.05) is 0 Å². The van der Waals surface area contributed by atoms with Gasteiger partial charge in [0.25, 0.3) is 0 Å². The van der Waals surface area contributed by atoms with E-state index in [0.717, 1.165) is 6.08 Å². The SMILES string of the molecule is O=C([O-])/C=C1\OC(=O)c2ccccc21. The lowest BCUT2D eigenvalue weighted by molar-refractivity contribution is -0.297. The predicted octanol–water partition coefficient (Wildman–Crippen LogP) is -0.0522. The normalized spacial score (nSPS) is 16.6. The molecule has 0 amide bonds. The molecule has 0 saturated heterocycles. The van der Waals surface area contributed by atoms with Gasteiger partial charge in [0.2, 0.25) is 0 Å². The van der Waals surface area contributed by atoms with Crippen LogP contribution in [0.1, 0.15) is 15.9 Å². The average molecular weight is 189 g/mol. The van der Waals surface area contributed by atoms with Crippen LogP contribution in [-0.4, -0.2) is 11.9 Å². The van der Waals surface area contributed by atoms with Crippen molar-refractivity contribution in [3.8, 4) is 0 Å². The number of fused-ring (bicyclic) bond motifs is 1. The monoisotopic (exact) mass is 189 g/mol. The van der Waals surface area contributed by atoms with E-state index in [-0.39, 0.29) is 5.76 Å². The largest absolute Gasteiger partial charge is 0.545 e. The second-order valence-electron chi connectivity index (χ2n) is 2.76. The maximum atomic E-state index is 11.2. The van der Waals surface area contributed by atoms with Crippen molar-refractivity contribution >= 4 is 17.7 Å². The van der Waals surface area contributed by atoms with Gasteiger partial charge in [0.05, 0.1) is 11.5 Å². The summed E-state index contributed by atoms with van der Waals surface area (Å²) in [7, 11) is 0. The smallest absolute Gasteiger partial charge is 0.344 e. The Bertz CT molecular complexity index is 445. The van der Waals surface area contributed by atoms with Gasteiger partial charge >= 0.3 is 5.97 Å². The number of carbonyl (C=O) groups excluding carboxylic acids is 2. The molecule has 1 heterocycles. The number of hydrogen-bond donors (Lipinski definition) is 0. The van der Waals surface area contributed by atoms with Gasteiger partial charge in [0.1, 0.15) is 5.76 Å². The molecular formula is C10H5O4-. The van der Waals surface area contributed by atoms with Crippen LogP contribution in [0.15, 0.2) is 30.3 Å². The first kappa shape index (κ1) is 8.50. The van der Waals surface area contributed by atoms with Crippen molar-refractivity contribution in [3.05, 3.63) is 41.5 Å². The zero-order valence-corrected chi connectivity index (χ0v) is 7.02.